The van der Waals surface area contributed by atoms with Crippen LogP contribution in [-0.2, 0) is 10.0 Å². The van der Waals surface area contributed by atoms with E-state index in [1.807, 2.05) is 6.08 Å². The molecule has 0 aromatic heterocycles. The van der Waals surface area contributed by atoms with Gasteiger partial charge in [-0.25, -0.2) is 13.6 Å². The maximum Gasteiger partial charge on any atom is 0.238 e. The average molecular weight is 505 g/mol. The summed E-state index contributed by atoms with van der Waals surface area (Å²) in [6.07, 6.45) is 10.7. The van der Waals surface area contributed by atoms with E-state index in [9.17, 15) is 8.42 Å². The van der Waals surface area contributed by atoms with Gasteiger partial charge in [-0.05, 0) is 58.4 Å². The highest BCUT2D eigenvalue weighted by molar-refractivity contribution is 7.89. The number of nitrogens with two attached hydrogens (primary N) is 1. The lowest BCUT2D eigenvalue weighted by molar-refractivity contribution is 0.284. The molecule has 0 amide bonds. The standard InChI is InChI=1S/C29H28N2O2S.ClH/c30-34(32,33)26-15-11-22(12-16-26)6-5-19-31-20-17-25(18-21-31)29-27-9-3-1-7-23(27)13-14-24-8-2-4-10-28(24)29;/h1-16H,17-21H2,(H2,30,32,33);1H. The molecule has 35 heavy (non-hydrogen) atoms. The van der Waals surface area contributed by atoms with Crippen molar-refractivity contribution >= 4 is 46.2 Å². The lowest BCUT2D eigenvalue weighted by Crippen LogP contribution is -2.31. The fraction of sp³-hybridized carbons (Fsp3) is 0.172. The molecule has 1 heterocycles. The maximum absolute atomic E-state index is 11.4. The normalized spacial score (nSPS) is 15.9. The van der Waals surface area contributed by atoms with E-state index in [-0.39, 0.29) is 17.3 Å². The van der Waals surface area contributed by atoms with Gasteiger partial charge in [0.15, 0.2) is 0 Å². The van der Waals surface area contributed by atoms with Crippen molar-refractivity contribution < 1.29 is 8.42 Å². The second-order valence-corrected chi connectivity index (χ2v) is 10.4. The smallest absolute Gasteiger partial charge is 0.238 e. The Kier molecular flexibility index (Phi) is 7.72. The first kappa shape index (κ1) is 25.1. The van der Waals surface area contributed by atoms with Gasteiger partial charge in [-0.2, -0.15) is 0 Å². The summed E-state index contributed by atoms with van der Waals surface area (Å²) in [5.74, 6) is 0. The van der Waals surface area contributed by atoms with Crippen molar-refractivity contribution in [3.05, 3.63) is 112 Å². The number of fused-ring (bicyclic) bond motifs is 2. The minimum Gasteiger partial charge on any atom is -0.299 e. The molecule has 5 rings (SSSR count). The van der Waals surface area contributed by atoms with Crippen LogP contribution in [0.4, 0.5) is 0 Å². The molecule has 3 aromatic carbocycles. The molecule has 6 heteroatoms. The van der Waals surface area contributed by atoms with E-state index in [0.717, 1.165) is 38.0 Å². The van der Waals surface area contributed by atoms with Crippen LogP contribution in [0.15, 0.2) is 89.3 Å². The molecule has 180 valence electrons. The first-order chi connectivity index (χ1) is 16.5. The third-order valence-corrected chi connectivity index (χ3v) is 7.53. The molecule has 0 atom stereocenters. The van der Waals surface area contributed by atoms with E-state index < -0.39 is 10.0 Å². The summed E-state index contributed by atoms with van der Waals surface area (Å²) in [5, 5.41) is 5.17. The zero-order valence-corrected chi connectivity index (χ0v) is 21.1. The topological polar surface area (TPSA) is 63.4 Å². The molecule has 1 aliphatic carbocycles. The van der Waals surface area contributed by atoms with E-state index in [4.69, 9.17) is 5.14 Å². The monoisotopic (exact) mass is 504 g/mol. The first-order valence-electron chi connectivity index (χ1n) is 11.6. The summed E-state index contributed by atoms with van der Waals surface area (Å²) in [7, 11) is -3.65. The molecule has 0 radical (unpaired) electrons. The molecule has 1 aliphatic heterocycles. The van der Waals surface area contributed by atoms with Crippen LogP contribution in [-0.4, -0.2) is 33.0 Å². The molecular formula is C29H29ClN2O2S. The van der Waals surface area contributed by atoms with Gasteiger partial charge in [0.1, 0.15) is 0 Å². The Morgan fingerprint density at radius 1 is 0.800 bits per heavy atom. The van der Waals surface area contributed by atoms with E-state index >= 15 is 0 Å². The van der Waals surface area contributed by atoms with Gasteiger partial charge in [0.25, 0.3) is 0 Å². The van der Waals surface area contributed by atoms with E-state index in [2.05, 4.69) is 71.7 Å². The highest BCUT2D eigenvalue weighted by Crippen LogP contribution is 2.38. The largest absolute Gasteiger partial charge is 0.299 e. The van der Waals surface area contributed by atoms with Gasteiger partial charge in [0, 0.05) is 19.6 Å². The van der Waals surface area contributed by atoms with Crippen LogP contribution >= 0.6 is 12.4 Å². The summed E-state index contributed by atoms with van der Waals surface area (Å²) in [4.78, 5) is 2.60. The van der Waals surface area contributed by atoms with Crippen molar-refractivity contribution in [1.29, 1.82) is 0 Å². The van der Waals surface area contributed by atoms with Crippen LogP contribution in [0.3, 0.4) is 0 Å². The number of likely N-dealkylation sites (tertiary alicyclic amines) is 1. The second kappa shape index (κ2) is 10.8. The fourth-order valence-corrected chi connectivity index (χ4v) is 5.32. The molecule has 3 aromatic rings. The minimum absolute atomic E-state index is 0. The molecule has 1 fully saturated rings. The molecule has 0 unspecified atom stereocenters. The number of sulfonamides is 1. The van der Waals surface area contributed by atoms with Crippen molar-refractivity contribution in [3.63, 3.8) is 0 Å². The SMILES string of the molecule is Cl.NS(=O)(=O)c1ccc(C=CCN2CCC(=C3c4ccccc4C=Cc4ccccc43)CC2)cc1. The molecule has 4 nitrogen and oxygen atoms in total. The number of primary sulfonamides is 1. The van der Waals surface area contributed by atoms with Crippen LogP contribution in [0.2, 0.25) is 0 Å². The Balaban J connectivity index is 0.00000289. The van der Waals surface area contributed by atoms with Crippen LogP contribution in [0, 0.1) is 0 Å². The predicted molar refractivity (Wildman–Crippen MR) is 148 cm³/mol. The zero-order chi connectivity index (χ0) is 23.5. The molecule has 0 bridgehead atoms. The van der Waals surface area contributed by atoms with Gasteiger partial charge < -0.3 is 0 Å². The summed E-state index contributed by atoms with van der Waals surface area (Å²) < 4.78 is 22.8. The quantitative estimate of drug-likeness (QED) is 0.379. The van der Waals surface area contributed by atoms with Crippen LogP contribution in [0.25, 0.3) is 23.8 Å². The van der Waals surface area contributed by atoms with Crippen molar-refractivity contribution in [1.82, 2.24) is 4.90 Å². The Hall–Kier alpha value is -2.96. The number of halogens is 1. The second-order valence-electron chi connectivity index (χ2n) is 8.80. The Labute approximate surface area is 213 Å². The van der Waals surface area contributed by atoms with E-state index in [1.54, 1.807) is 24.3 Å². The number of hydrogen-bond donors (Lipinski definition) is 1. The van der Waals surface area contributed by atoms with Gasteiger partial charge in [-0.3, -0.25) is 4.90 Å². The maximum atomic E-state index is 11.4. The third-order valence-electron chi connectivity index (χ3n) is 6.60. The zero-order valence-electron chi connectivity index (χ0n) is 19.4. The van der Waals surface area contributed by atoms with Crippen LogP contribution < -0.4 is 5.14 Å². The molecule has 0 spiro atoms. The first-order valence-corrected chi connectivity index (χ1v) is 13.1. The Bertz CT molecular complexity index is 1350. The van der Waals surface area contributed by atoms with Gasteiger partial charge >= 0.3 is 0 Å². The fourth-order valence-electron chi connectivity index (χ4n) is 4.81. The molecule has 1 saturated heterocycles. The molecule has 2 N–H and O–H groups in total. The highest BCUT2D eigenvalue weighted by Gasteiger charge is 2.22. The van der Waals surface area contributed by atoms with Crippen molar-refractivity contribution in [2.24, 2.45) is 5.14 Å². The highest BCUT2D eigenvalue weighted by atomic mass is 35.5. The summed E-state index contributed by atoms with van der Waals surface area (Å²) in [6, 6.07) is 24.1. The Morgan fingerprint density at radius 3 is 1.89 bits per heavy atom. The lowest BCUT2D eigenvalue weighted by Gasteiger charge is -2.29. The predicted octanol–water partition coefficient (Wildman–Crippen LogP) is 5.85. The Morgan fingerprint density at radius 2 is 1.34 bits per heavy atom. The third kappa shape index (κ3) is 5.65. The van der Waals surface area contributed by atoms with Crippen LogP contribution in [0.1, 0.15) is 40.7 Å². The van der Waals surface area contributed by atoms with Gasteiger partial charge in [0.2, 0.25) is 10.0 Å². The molecule has 0 saturated carbocycles. The molecule has 2 aliphatic rings. The number of rotatable bonds is 4. The molecular weight excluding hydrogens is 476 g/mol. The van der Waals surface area contributed by atoms with Gasteiger partial charge in [-0.15, -0.1) is 12.4 Å². The van der Waals surface area contributed by atoms with Crippen molar-refractivity contribution in [3.8, 4) is 0 Å². The average Bonchev–Trinajstić information content (AvgIpc) is 3.01. The number of piperidine rings is 1. The number of nitrogens with zero attached hydrogens (tertiary/aromatic N) is 1. The summed E-state index contributed by atoms with van der Waals surface area (Å²) in [6.45, 7) is 2.91. The van der Waals surface area contributed by atoms with E-state index in [0.29, 0.717) is 0 Å². The minimum atomic E-state index is -3.65. The number of hydrogen-bond acceptors (Lipinski definition) is 3. The van der Waals surface area contributed by atoms with E-state index in [1.165, 1.54) is 33.4 Å². The lowest BCUT2D eigenvalue weighted by atomic mass is 9.86. The van der Waals surface area contributed by atoms with Crippen molar-refractivity contribution in [2.45, 2.75) is 17.7 Å². The van der Waals surface area contributed by atoms with Crippen LogP contribution in [0.5, 0.6) is 0 Å². The van der Waals surface area contributed by atoms with Gasteiger partial charge in [-0.1, -0.05) is 90.5 Å². The summed E-state index contributed by atoms with van der Waals surface area (Å²) in [5.41, 5.74) is 9.11. The summed E-state index contributed by atoms with van der Waals surface area (Å²) >= 11 is 0. The number of benzene rings is 3. The van der Waals surface area contributed by atoms with Gasteiger partial charge in [0.05, 0.1) is 4.90 Å². The van der Waals surface area contributed by atoms with Crippen molar-refractivity contribution in [2.75, 3.05) is 19.6 Å².